The van der Waals surface area contributed by atoms with Gasteiger partial charge in [0.2, 0.25) is 5.95 Å². The number of nitriles is 1. The summed E-state index contributed by atoms with van der Waals surface area (Å²) in [4.78, 5) is 29.5. The number of carbonyl (C=O) groups is 1. The van der Waals surface area contributed by atoms with Gasteiger partial charge in [0.25, 0.3) is 5.91 Å². The Morgan fingerprint density at radius 2 is 1.90 bits per heavy atom. The fourth-order valence-corrected chi connectivity index (χ4v) is 4.25. The van der Waals surface area contributed by atoms with Gasteiger partial charge in [-0.05, 0) is 24.3 Å². The van der Waals surface area contributed by atoms with Gasteiger partial charge in [-0.15, -0.1) is 0 Å². The predicted octanol–water partition coefficient (Wildman–Crippen LogP) is 2.35. The molecule has 31 heavy (non-hydrogen) atoms. The highest BCUT2D eigenvalue weighted by Gasteiger charge is 2.45. The van der Waals surface area contributed by atoms with Crippen LogP contribution in [0.15, 0.2) is 24.8 Å². The van der Waals surface area contributed by atoms with Gasteiger partial charge >= 0.3 is 0 Å². The zero-order valence-corrected chi connectivity index (χ0v) is 17.1. The molecule has 0 atom stereocenters. The summed E-state index contributed by atoms with van der Waals surface area (Å²) in [7, 11) is 0. The number of carbonyl (C=O) groups excluding carboxylic acids is 1. The molecule has 1 amide bonds. The Morgan fingerprint density at radius 3 is 2.58 bits per heavy atom. The summed E-state index contributed by atoms with van der Waals surface area (Å²) >= 11 is 0. The molecule has 4 heterocycles. The number of amides is 1. The molecule has 0 radical (unpaired) electrons. The first-order chi connectivity index (χ1) is 15.1. The predicted molar refractivity (Wildman–Crippen MR) is 109 cm³/mol. The van der Waals surface area contributed by atoms with Crippen LogP contribution in [-0.2, 0) is 11.3 Å². The van der Waals surface area contributed by atoms with Crippen molar-refractivity contribution in [2.45, 2.75) is 43.8 Å². The van der Waals surface area contributed by atoms with Gasteiger partial charge in [-0.3, -0.25) is 9.78 Å². The number of nitrogens with zero attached hydrogens (tertiary/aromatic N) is 6. The van der Waals surface area contributed by atoms with Crippen molar-refractivity contribution in [1.82, 2.24) is 19.9 Å². The van der Waals surface area contributed by atoms with Crippen LogP contribution in [0.5, 0.6) is 5.75 Å². The molecule has 2 fully saturated rings. The third-order valence-corrected chi connectivity index (χ3v) is 6.28. The highest BCUT2D eigenvalue weighted by atomic mass is 19.1. The summed E-state index contributed by atoms with van der Waals surface area (Å²) in [5, 5.41) is 9.24. The minimum absolute atomic E-state index is 0.0836. The Bertz CT molecular complexity index is 1030. The number of halogens is 1. The highest BCUT2D eigenvalue weighted by Crippen LogP contribution is 2.39. The van der Waals surface area contributed by atoms with Crippen molar-refractivity contribution in [3.05, 3.63) is 41.5 Å². The second-order valence-electron chi connectivity index (χ2n) is 8.41. The normalized spacial score (nSPS) is 20.3. The number of aromatic nitrogens is 3. The van der Waals surface area contributed by atoms with Gasteiger partial charge in [0, 0.05) is 56.3 Å². The molecule has 0 spiro atoms. The summed E-state index contributed by atoms with van der Waals surface area (Å²) in [6, 6.07) is 2.05. The van der Waals surface area contributed by atoms with E-state index in [1.165, 1.54) is 23.9 Å². The average Bonchev–Trinajstić information content (AvgIpc) is 3.65. The van der Waals surface area contributed by atoms with Crippen molar-refractivity contribution >= 4 is 11.9 Å². The lowest BCUT2D eigenvalue weighted by molar-refractivity contribution is -0.146. The van der Waals surface area contributed by atoms with Crippen molar-refractivity contribution in [1.29, 1.82) is 5.26 Å². The molecule has 1 aliphatic carbocycles. The van der Waals surface area contributed by atoms with E-state index < -0.39 is 11.6 Å². The second-order valence-corrected chi connectivity index (χ2v) is 8.41. The molecule has 2 aromatic rings. The minimum Gasteiger partial charge on any atom is -0.490 e. The summed E-state index contributed by atoms with van der Waals surface area (Å²) in [5.74, 6) is 1.08. The Labute approximate surface area is 179 Å². The molecule has 9 heteroatoms. The molecule has 0 N–H and O–H groups in total. The van der Waals surface area contributed by atoms with Gasteiger partial charge in [0.15, 0.2) is 5.67 Å². The number of piperidine rings is 1. The molecular weight excluding hydrogens is 399 g/mol. The van der Waals surface area contributed by atoms with E-state index in [0.29, 0.717) is 41.8 Å². The number of hydrogen-bond acceptors (Lipinski definition) is 7. The van der Waals surface area contributed by atoms with Crippen LogP contribution < -0.4 is 9.64 Å². The monoisotopic (exact) mass is 422 g/mol. The molecular formula is C22H23FN6O2. The van der Waals surface area contributed by atoms with Crippen LogP contribution in [0.3, 0.4) is 0 Å². The maximum absolute atomic E-state index is 15.7. The van der Waals surface area contributed by atoms with Gasteiger partial charge in [0.1, 0.15) is 24.0 Å². The van der Waals surface area contributed by atoms with Crippen molar-refractivity contribution in [2.75, 3.05) is 31.1 Å². The summed E-state index contributed by atoms with van der Waals surface area (Å²) in [6.45, 7) is 1.41. The maximum Gasteiger partial charge on any atom is 0.260 e. The molecule has 0 unspecified atom stereocenters. The van der Waals surface area contributed by atoms with E-state index in [1.807, 2.05) is 23.4 Å². The van der Waals surface area contributed by atoms with Crippen LogP contribution in [0.2, 0.25) is 0 Å². The lowest BCUT2D eigenvalue weighted by atomic mass is 9.91. The standard InChI is InChI=1S/C22H23FN6O2/c23-22(3-5-28(6-4-22)21-26-12-17(13-27-21)15-1-2-15)20(30)29-7-8-31-19-16(9-24)10-25-11-18(19)14-29/h10-13,15H,1-8,14H2. The van der Waals surface area contributed by atoms with E-state index in [4.69, 9.17) is 4.74 Å². The smallest absolute Gasteiger partial charge is 0.260 e. The first-order valence-corrected chi connectivity index (χ1v) is 10.6. The summed E-state index contributed by atoms with van der Waals surface area (Å²) in [6.07, 6.45) is 9.28. The van der Waals surface area contributed by atoms with Crippen LogP contribution >= 0.6 is 0 Å². The molecule has 0 bridgehead atoms. The molecule has 3 aliphatic rings. The zero-order chi connectivity index (χ0) is 21.4. The summed E-state index contributed by atoms with van der Waals surface area (Å²) in [5.41, 5.74) is 0.168. The van der Waals surface area contributed by atoms with Crippen LogP contribution in [0, 0.1) is 11.3 Å². The van der Waals surface area contributed by atoms with Crippen molar-refractivity contribution in [3.8, 4) is 11.8 Å². The third-order valence-electron chi connectivity index (χ3n) is 6.28. The van der Waals surface area contributed by atoms with Crippen molar-refractivity contribution in [3.63, 3.8) is 0 Å². The SMILES string of the molecule is N#Cc1cncc2c1OCCN(C(=O)C1(F)CCN(c3ncc(C4CC4)cn3)CC1)C2. The topological polar surface area (TPSA) is 95.2 Å². The maximum atomic E-state index is 15.7. The van der Waals surface area contributed by atoms with Gasteiger partial charge in [-0.25, -0.2) is 14.4 Å². The first-order valence-electron chi connectivity index (χ1n) is 10.6. The molecule has 5 rings (SSSR count). The molecule has 2 aliphatic heterocycles. The number of rotatable bonds is 3. The van der Waals surface area contributed by atoms with E-state index in [2.05, 4.69) is 15.0 Å². The third kappa shape index (κ3) is 3.78. The van der Waals surface area contributed by atoms with Crippen LogP contribution in [0.4, 0.5) is 10.3 Å². The zero-order valence-electron chi connectivity index (χ0n) is 17.1. The van der Waals surface area contributed by atoms with Crippen LogP contribution in [0.25, 0.3) is 0 Å². The number of fused-ring (bicyclic) bond motifs is 1. The minimum atomic E-state index is -1.94. The molecule has 8 nitrogen and oxygen atoms in total. The van der Waals surface area contributed by atoms with Crippen molar-refractivity contribution in [2.24, 2.45) is 0 Å². The van der Waals surface area contributed by atoms with E-state index >= 15 is 4.39 Å². The van der Waals surface area contributed by atoms with Crippen LogP contribution in [-0.4, -0.2) is 57.7 Å². The lowest BCUT2D eigenvalue weighted by Gasteiger charge is -2.37. The lowest BCUT2D eigenvalue weighted by Crippen LogP contribution is -2.53. The van der Waals surface area contributed by atoms with Gasteiger partial charge in [0.05, 0.1) is 13.1 Å². The molecule has 0 aromatic carbocycles. The number of anilines is 1. The largest absolute Gasteiger partial charge is 0.490 e. The number of hydrogen-bond donors (Lipinski definition) is 0. The molecule has 160 valence electrons. The number of ether oxygens (including phenoxy) is 1. The van der Waals surface area contributed by atoms with Gasteiger partial charge in [-0.2, -0.15) is 5.26 Å². The average molecular weight is 422 g/mol. The van der Waals surface area contributed by atoms with Gasteiger partial charge in [-0.1, -0.05) is 0 Å². The second kappa shape index (κ2) is 7.76. The fourth-order valence-electron chi connectivity index (χ4n) is 4.25. The van der Waals surface area contributed by atoms with E-state index in [1.54, 1.807) is 6.20 Å². The quantitative estimate of drug-likeness (QED) is 0.749. The highest BCUT2D eigenvalue weighted by molar-refractivity contribution is 5.85. The molecule has 1 saturated carbocycles. The molecule has 1 saturated heterocycles. The Hall–Kier alpha value is -3.28. The first kappa shape index (κ1) is 19.7. The van der Waals surface area contributed by atoms with Crippen molar-refractivity contribution < 1.29 is 13.9 Å². The van der Waals surface area contributed by atoms with E-state index in [0.717, 1.165) is 5.56 Å². The Kier molecular flexibility index (Phi) is 4.93. The Morgan fingerprint density at radius 1 is 1.16 bits per heavy atom. The fraction of sp³-hybridized carbons (Fsp3) is 0.500. The number of pyridine rings is 1. The number of alkyl halides is 1. The van der Waals surface area contributed by atoms with Gasteiger partial charge < -0.3 is 14.5 Å². The summed E-state index contributed by atoms with van der Waals surface area (Å²) < 4.78 is 21.4. The van der Waals surface area contributed by atoms with Crippen LogP contribution in [0.1, 0.15) is 48.3 Å². The molecule has 2 aromatic heterocycles. The van der Waals surface area contributed by atoms with E-state index in [-0.39, 0.29) is 32.5 Å². The van der Waals surface area contributed by atoms with E-state index in [9.17, 15) is 10.1 Å². The Balaban J connectivity index is 1.26.